The molecule has 174 valence electrons. The lowest BCUT2D eigenvalue weighted by Crippen LogP contribution is -2.34. The zero-order chi connectivity index (χ0) is 24.0. The number of benzene rings is 2. The van der Waals surface area contributed by atoms with E-state index in [2.05, 4.69) is 52.1 Å². The van der Waals surface area contributed by atoms with Gasteiger partial charge in [-0.15, -0.1) is 0 Å². The third-order valence-electron chi connectivity index (χ3n) is 7.28. The first-order chi connectivity index (χ1) is 15.5. The molecule has 1 aliphatic rings. The number of hydrogen-bond acceptors (Lipinski definition) is 2. The first kappa shape index (κ1) is 23.6. The maximum absolute atomic E-state index is 12.7. The topological polar surface area (TPSA) is 42.2 Å². The molecule has 3 aromatic rings. The van der Waals surface area contributed by atoms with Crippen LogP contribution in [0.25, 0.3) is 0 Å². The highest BCUT2D eigenvalue weighted by atomic mass is 35.5. The number of nitrogens with one attached hydrogen (secondary N) is 1. The average molecular weight is 464 g/mol. The van der Waals surface area contributed by atoms with Gasteiger partial charge in [0, 0.05) is 11.4 Å². The van der Waals surface area contributed by atoms with E-state index in [4.69, 9.17) is 16.0 Å². The summed E-state index contributed by atoms with van der Waals surface area (Å²) < 4.78 is 5.96. The number of amides is 1. The molecule has 1 N–H and O–H groups in total. The van der Waals surface area contributed by atoms with E-state index in [1.807, 2.05) is 37.3 Å². The zero-order valence-corrected chi connectivity index (χ0v) is 21.3. The molecule has 0 aliphatic heterocycles. The fourth-order valence-electron chi connectivity index (χ4n) is 4.84. The van der Waals surface area contributed by atoms with Crippen molar-refractivity contribution in [1.29, 1.82) is 0 Å². The standard InChI is InChI=1S/C29H34ClNO2/c1-18-15-24-25(29(5,6)14-13-28(24,3)4)17-21(18)16-23-11-12-26(33-23)27(32)31-19(2)20-7-9-22(30)10-8-20/h7-12,15,17,19H,13-14,16H2,1-6H3,(H,31,32). The Hall–Kier alpha value is -2.52. The molecule has 0 saturated carbocycles. The Labute approximate surface area is 202 Å². The molecule has 1 heterocycles. The van der Waals surface area contributed by atoms with Gasteiger partial charge in [0.2, 0.25) is 0 Å². The molecule has 1 aliphatic carbocycles. The summed E-state index contributed by atoms with van der Waals surface area (Å²) in [7, 11) is 0. The number of fused-ring (bicyclic) bond motifs is 1. The molecule has 1 atom stereocenters. The summed E-state index contributed by atoms with van der Waals surface area (Å²) in [5.41, 5.74) is 6.81. The zero-order valence-electron chi connectivity index (χ0n) is 20.5. The molecule has 0 spiro atoms. The van der Waals surface area contributed by atoms with Crippen molar-refractivity contribution in [3.63, 3.8) is 0 Å². The maximum Gasteiger partial charge on any atom is 0.287 e. The lowest BCUT2D eigenvalue weighted by Gasteiger charge is -2.42. The van der Waals surface area contributed by atoms with Crippen LogP contribution < -0.4 is 5.32 Å². The Kier molecular flexibility index (Phi) is 6.22. The van der Waals surface area contributed by atoms with Gasteiger partial charge in [-0.25, -0.2) is 0 Å². The van der Waals surface area contributed by atoms with Crippen LogP contribution in [0.4, 0.5) is 0 Å². The fourth-order valence-corrected chi connectivity index (χ4v) is 4.97. The van der Waals surface area contributed by atoms with Gasteiger partial charge in [-0.1, -0.05) is 63.6 Å². The van der Waals surface area contributed by atoms with Gasteiger partial charge in [-0.05, 0) is 89.6 Å². The van der Waals surface area contributed by atoms with Gasteiger partial charge in [0.05, 0.1) is 6.04 Å². The van der Waals surface area contributed by atoms with Crippen LogP contribution in [-0.2, 0) is 17.3 Å². The van der Waals surface area contributed by atoms with Crippen molar-refractivity contribution in [3.05, 3.63) is 92.9 Å². The highest BCUT2D eigenvalue weighted by Crippen LogP contribution is 2.46. The van der Waals surface area contributed by atoms with Crippen molar-refractivity contribution in [2.75, 3.05) is 0 Å². The minimum Gasteiger partial charge on any atom is -0.456 e. The molecule has 1 aromatic heterocycles. The number of hydrogen-bond donors (Lipinski definition) is 1. The van der Waals surface area contributed by atoms with Crippen molar-refractivity contribution in [2.24, 2.45) is 0 Å². The van der Waals surface area contributed by atoms with Gasteiger partial charge >= 0.3 is 0 Å². The Morgan fingerprint density at radius 1 is 1.00 bits per heavy atom. The lowest BCUT2D eigenvalue weighted by atomic mass is 9.62. The molecule has 4 rings (SSSR count). The quantitative estimate of drug-likeness (QED) is 0.421. The van der Waals surface area contributed by atoms with E-state index in [1.54, 1.807) is 6.07 Å². The molecule has 33 heavy (non-hydrogen) atoms. The van der Waals surface area contributed by atoms with Crippen molar-refractivity contribution >= 4 is 17.5 Å². The largest absolute Gasteiger partial charge is 0.456 e. The summed E-state index contributed by atoms with van der Waals surface area (Å²) in [6, 6.07) is 15.8. The highest BCUT2D eigenvalue weighted by Gasteiger charge is 2.37. The third-order valence-corrected chi connectivity index (χ3v) is 7.53. The van der Waals surface area contributed by atoms with Gasteiger partial charge in [0.15, 0.2) is 5.76 Å². The van der Waals surface area contributed by atoms with Crippen molar-refractivity contribution in [3.8, 4) is 0 Å². The van der Waals surface area contributed by atoms with Crippen LogP contribution in [0.2, 0.25) is 5.02 Å². The summed E-state index contributed by atoms with van der Waals surface area (Å²) in [5, 5.41) is 3.68. The van der Waals surface area contributed by atoms with Crippen LogP contribution in [-0.4, -0.2) is 5.91 Å². The molecule has 2 aromatic carbocycles. The van der Waals surface area contributed by atoms with Crippen molar-refractivity contribution in [1.82, 2.24) is 5.32 Å². The van der Waals surface area contributed by atoms with E-state index in [-0.39, 0.29) is 22.8 Å². The van der Waals surface area contributed by atoms with Gasteiger partial charge in [-0.2, -0.15) is 0 Å². The predicted molar refractivity (Wildman–Crippen MR) is 135 cm³/mol. The van der Waals surface area contributed by atoms with Crippen molar-refractivity contribution in [2.45, 2.75) is 77.7 Å². The van der Waals surface area contributed by atoms with E-state index >= 15 is 0 Å². The second-order valence-electron chi connectivity index (χ2n) is 10.8. The van der Waals surface area contributed by atoms with Crippen LogP contribution in [0.3, 0.4) is 0 Å². The van der Waals surface area contributed by atoms with E-state index in [9.17, 15) is 4.79 Å². The van der Waals surface area contributed by atoms with E-state index in [0.29, 0.717) is 17.2 Å². The number of aryl methyl sites for hydroxylation is 1. The summed E-state index contributed by atoms with van der Waals surface area (Å²) in [5.74, 6) is 0.923. The molecule has 0 fully saturated rings. The third kappa shape index (κ3) is 4.89. The van der Waals surface area contributed by atoms with E-state index in [1.165, 1.54) is 35.1 Å². The summed E-state index contributed by atoms with van der Waals surface area (Å²) >= 11 is 5.96. The van der Waals surface area contributed by atoms with Gasteiger partial charge in [-0.3, -0.25) is 4.79 Å². The molecule has 0 saturated heterocycles. The Morgan fingerprint density at radius 3 is 2.24 bits per heavy atom. The van der Waals surface area contributed by atoms with E-state index < -0.39 is 0 Å². The monoisotopic (exact) mass is 463 g/mol. The Morgan fingerprint density at radius 2 is 1.61 bits per heavy atom. The van der Waals surface area contributed by atoms with Gasteiger partial charge < -0.3 is 9.73 Å². The predicted octanol–water partition coefficient (Wildman–Crippen LogP) is 7.67. The Bertz CT molecular complexity index is 1170. The minimum atomic E-state index is -0.214. The minimum absolute atomic E-state index is 0.142. The number of halogens is 1. The average Bonchev–Trinajstić information content (AvgIpc) is 3.22. The highest BCUT2D eigenvalue weighted by molar-refractivity contribution is 6.30. The van der Waals surface area contributed by atoms with Crippen LogP contribution in [0.15, 0.2) is 52.9 Å². The van der Waals surface area contributed by atoms with Gasteiger partial charge in [0.1, 0.15) is 5.76 Å². The number of carbonyl (C=O) groups is 1. The molecule has 3 nitrogen and oxygen atoms in total. The second kappa shape index (κ2) is 8.68. The van der Waals surface area contributed by atoms with Crippen molar-refractivity contribution < 1.29 is 9.21 Å². The second-order valence-corrected chi connectivity index (χ2v) is 11.2. The molecule has 0 bridgehead atoms. The smallest absolute Gasteiger partial charge is 0.287 e. The van der Waals surface area contributed by atoms with E-state index in [0.717, 1.165) is 11.3 Å². The summed E-state index contributed by atoms with van der Waals surface area (Å²) in [6.07, 6.45) is 3.07. The van der Waals surface area contributed by atoms with Crippen LogP contribution in [0, 0.1) is 6.92 Å². The summed E-state index contributed by atoms with van der Waals surface area (Å²) in [4.78, 5) is 12.7. The number of furan rings is 1. The normalized spacial score (nSPS) is 17.3. The molecule has 1 amide bonds. The first-order valence-corrected chi connectivity index (χ1v) is 12.1. The Balaban J connectivity index is 1.52. The molecule has 4 heteroatoms. The van der Waals surface area contributed by atoms with Crippen LogP contribution in [0.5, 0.6) is 0 Å². The molecule has 1 unspecified atom stereocenters. The van der Waals surface area contributed by atoms with Gasteiger partial charge in [0.25, 0.3) is 5.91 Å². The molecular formula is C29H34ClNO2. The summed E-state index contributed by atoms with van der Waals surface area (Å²) in [6.45, 7) is 13.5. The lowest BCUT2D eigenvalue weighted by molar-refractivity contribution is 0.0910. The molecular weight excluding hydrogens is 430 g/mol. The maximum atomic E-state index is 12.7. The number of carbonyl (C=O) groups excluding carboxylic acids is 1. The van der Waals surface area contributed by atoms with Crippen LogP contribution in [0.1, 0.15) is 97.6 Å². The molecule has 0 radical (unpaired) electrons. The SMILES string of the molecule is Cc1cc2c(cc1Cc1ccc(C(=O)NC(C)c3ccc(Cl)cc3)o1)C(C)(C)CCC2(C)C. The fraction of sp³-hybridized carbons (Fsp3) is 0.414. The first-order valence-electron chi connectivity index (χ1n) is 11.8. The number of rotatable bonds is 5. The van der Waals surface area contributed by atoms with Crippen LogP contribution >= 0.6 is 11.6 Å².